The van der Waals surface area contributed by atoms with E-state index in [0.717, 1.165) is 5.39 Å². The first-order valence-corrected chi connectivity index (χ1v) is 10.0. The lowest BCUT2D eigenvalue weighted by Crippen LogP contribution is -2.46. The van der Waals surface area contributed by atoms with Crippen molar-refractivity contribution in [3.05, 3.63) is 88.0 Å². The Balaban J connectivity index is 2.00. The number of nitrogens with one attached hydrogen (secondary N) is 1. The van der Waals surface area contributed by atoms with Gasteiger partial charge in [0.25, 0.3) is 11.6 Å². The Morgan fingerprint density at radius 2 is 1.61 bits per heavy atom. The minimum atomic E-state index is -1.25. The summed E-state index contributed by atoms with van der Waals surface area (Å²) in [6.45, 7) is 0. The largest absolute Gasteiger partial charge is 0.469 e. The molecule has 1 amide bonds. The molecule has 33 heavy (non-hydrogen) atoms. The standard InChI is InChI=1S/C24H22N2O7/c1-32-21(27)14-20(16-10-12-17(13-11-16)26(30)31)22(24(29)33-2)25-23(28)19-9-5-7-15-6-3-4-8-18(15)19/h3-13,20,22H,14H2,1-2H3,(H,25,28)/t20-,22-/m1/s1. The van der Waals surface area contributed by atoms with Gasteiger partial charge in [0.2, 0.25) is 0 Å². The lowest BCUT2D eigenvalue weighted by molar-refractivity contribution is -0.384. The molecule has 0 aliphatic heterocycles. The zero-order chi connectivity index (χ0) is 24.0. The molecule has 9 heteroatoms. The molecule has 0 aliphatic rings. The number of methoxy groups -OCH3 is 2. The van der Waals surface area contributed by atoms with Gasteiger partial charge in [-0.2, -0.15) is 0 Å². The first kappa shape index (κ1) is 23.4. The third-order valence-electron chi connectivity index (χ3n) is 5.32. The summed E-state index contributed by atoms with van der Waals surface area (Å²) >= 11 is 0. The minimum absolute atomic E-state index is 0.148. The highest BCUT2D eigenvalue weighted by Gasteiger charge is 2.34. The van der Waals surface area contributed by atoms with E-state index in [1.54, 1.807) is 24.3 Å². The maximum atomic E-state index is 13.2. The van der Waals surface area contributed by atoms with Crippen LogP contribution in [0.5, 0.6) is 0 Å². The number of nitro benzene ring substituents is 1. The highest BCUT2D eigenvalue weighted by atomic mass is 16.6. The number of amides is 1. The van der Waals surface area contributed by atoms with E-state index in [1.807, 2.05) is 18.2 Å². The Morgan fingerprint density at radius 3 is 2.24 bits per heavy atom. The first-order valence-electron chi connectivity index (χ1n) is 10.0. The summed E-state index contributed by atoms with van der Waals surface area (Å²) in [4.78, 5) is 48.5. The van der Waals surface area contributed by atoms with Gasteiger partial charge in [-0.1, -0.05) is 48.5 Å². The number of rotatable bonds is 8. The zero-order valence-corrected chi connectivity index (χ0v) is 18.0. The van der Waals surface area contributed by atoms with E-state index in [9.17, 15) is 24.5 Å². The fraction of sp³-hybridized carbons (Fsp3) is 0.208. The van der Waals surface area contributed by atoms with Gasteiger partial charge < -0.3 is 14.8 Å². The molecule has 0 bridgehead atoms. The smallest absolute Gasteiger partial charge is 0.329 e. The number of non-ortho nitro benzene ring substituents is 1. The number of carbonyl (C=O) groups is 3. The van der Waals surface area contributed by atoms with Gasteiger partial charge in [-0.15, -0.1) is 0 Å². The van der Waals surface area contributed by atoms with Crippen LogP contribution in [-0.2, 0) is 19.1 Å². The molecule has 1 N–H and O–H groups in total. The van der Waals surface area contributed by atoms with E-state index in [1.165, 1.54) is 38.5 Å². The summed E-state index contributed by atoms with van der Waals surface area (Å²) in [5.41, 5.74) is 0.632. The molecule has 0 spiro atoms. The molecule has 2 atom stereocenters. The molecule has 3 aromatic carbocycles. The Bertz CT molecular complexity index is 1190. The second-order valence-electron chi connectivity index (χ2n) is 7.24. The lowest BCUT2D eigenvalue weighted by atomic mass is 9.87. The van der Waals surface area contributed by atoms with Gasteiger partial charge in [0.05, 0.1) is 25.6 Å². The van der Waals surface area contributed by atoms with Crippen molar-refractivity contribution >= 4 is 34.3 Å². The molecule has 0 unspecified atom stereocenters. The summed E-state index contributed by atoms with van der Waals surface area (Å²) in [7, 11) is 2.38. The van der Waals surface area contributed by atoms with Gasteiger partial charge in [0.1, 0.15) is 6.04 Å². The van der Waals surface area contributed by atoms with E-state index in [0.29, 0.717) is 16.5 Å². The summed E-state index contributed by atoms with van der Waals surface area (Å²) in [6.07, 6.45) is -0.260. The molecule has 9 nitrogen and oxygen atoms in total. The Kier molecular flexibility index (Phi) is 7.34. The van der Waals surface area contributed by atoms with Crippen LogP contribution >= 0.6 is 0 Å². The average molecular weight is 450 g/mol. The molecule has 3 rings (SSSR count). The van der Waals surface area contributed by atoms with Crippen LogP contribution in [0.4, 0.5) is 5.69 Å². The van der Waals surface area contributed by atoms with Crippen molar-refractivity contribution in [1.82, 2.24) is 5.32 Å². The van der Waals surface area contributed by atoms with Gasteiger partial charge in [-0.3, -0.25) is 19.7 Å². The van der Waals surface area contributed by atoms with Crippen molar-refractivity contribution in [2.75, 3.05) is 14.2 Å². The third kappa shape index (κ3) is 5.32. The van der Waals surface area contributed by atoms with Crippen LogP contribution in [0.15, 0.2) is 66.7 Å². The maximum Gasteiger partial charge on any atom is 0.329 e. The zero-order valence-electron chi connectivity index (χ0n) is 18.0. The molecular formula is C24H22N2O7. The van der Waals surface area contributed by atoms with Crippen LogP contribution in [0.2, 0.25) is 0 Å². The SMILES string of the molecule is COC(=O)C[C@H](c1ccc([N+](=O)[O-])cc1)[C@@H](NC(=O)c1cccc2ccccc12)C(=O)OC. The number of hydrogen-bond acceptors (Lipinski definition) is 7. The van der Waals surface area contributed by atoms with Crippen LogP contribution in [0.1, 0.15) is 28.3 Å². The Morgan fingerprint density at radius 1 is 0.939 bits per heavy atom. The molecule has 3 aromatic rings. The summed E-state index contributed by atoms with van der Waals surface area (Å²) in [6, 6.07) is 16.7. The van der Waals surface area contributed by atoms with Crippen molar-refractivity contribution in [1.29, 1.82) is 0 Å². The number of esters is 2. The van der Waals surface area contributed by atoms with Crippen molar-refractivity contribution in [3.8, 4) is 0 Å². The lowest BCUT2D eigenvalue weighted by Gasteiger charge is -2.26. The number of fused-ring (bicyclic) bond motifs is 1. The molecule has 0 radical (unpaired) electrons. The Hall–Kier alpha value is -4.27. The summed E-state index contributed by atoms with van der Waals surface area (Å²) in [5, 5.41) is 15.2. The van der Waals surface area contributed by atoms with E-state index >= 15 is 0 Å². The molecule has 0 aliphatic carbocycles. The number of benzene rings is 3. The van der Waals surface area contributed by atoms with Crippen LogP contribution in [-0.4, -0.2) is 43.0 Å². The summed E-state index contributed by atoms with van der Waals surface area (Å²) in [5.74, 6) is -2.80. The fourth-order valence-electron chi connectivity index (χ4n) is 3.63. The second-order valence-corrected chi connectivity index (χ2v) is 7.24. The van der Waals surface area contributed by atoms with E-state index in [-0.39, 0.29) is 12.1 Å². The van der Waals surface area contributed by atoms with Crippen molar-refractivity contribution < 1.29 is 28.8 Å². The molecule has 170 valence electrons. The van der Waals surface area contributed by atoms with Crippen LogP contribution in [0, 0.1) is 10.1 Å². The molecular weight excluding hydrogens is 428 g/mol. The first-order chi connectivity index (χ1) is 15.8. The van der Waals surface area contributed by atoms with E-state index in [2.05, 4.69) is 5.32 Å². The highest BCUT2D eigenvalue weighted by Crippen LogP contribution is 2.28. The molecule has 0 saturated carbocycles. The molecule has 0 heterocycles. The normalized spacial score (nSPS) is 12.4. The summed E-state index contributed by atoms with van der Waals surface area (Å²) < 4.78 is 9.67. The minimum Gasteiger partial charge on any atom is -0.469 e. The molecule has 0 fully saturated rings. The van der Waals surface area contributed by atoms with E-state index < -0.39 is 34.7 Å². The topological polar surface area (TPSA) is 125 Å². The predicted molar refractivity (Wildman–Crippen MR) is 120 cm³/mol. The highest BCUT2D eigenvalue weighted by molar-refractivity contribution is 6.08. The number of nitrogens with zero attached hydrogens (tertiary/aromatic N) is 1. The van der Waals surface area contributed by atoms with Crippen LogP contribution in [0.3, 0.4) is 0 Å². The van der Waals surface area contributed by atoms with Gasteiger partial charge in [0, 0.05) is 23.6 Å². The van der Waals surface area contributed by atoms with E-state index in [4.69, 9.17) is 9.47 Å². The van der Waals surface area contributed by atoms with Crippen molar-refractivity contribution in [3.63, 3.8) is 0 Å². The predicted octanol–water partition coefficient (Wildman–Crippen LogP) is 3.37. The number of carbonyl (C=O) groups excluding carboxylic acids is 3. The molecule has 0 aromatic heterocycles. The maximum absolute atomic E-state index is 13.2. The second kappa shape index (κ2) is 10.4. The fourth-order valence-corrected chi connectivity index (χ4v) is 3.63. The van der Waals surface area contributed by atoms with Gasteiger partial charge in [0.15, 0.2) is 0 Å². The molecule has 0 saturated heterocycles. The van der Waals surface area contributed by atoms with Crippen LogP contribution < -0.4 is 5.32 Å². The Labute approximate surface area is 189 Å². The van der Waals surface area contributed by atoms with Gasteiger partial charge in [-0.25, -0.2) is 4.79 Å². The monoisotopic (exact) mass is 450 g/mol. The number of ether oxygens (including phenoxy) is 2. The third-order valence-corrected chi connectivity index (χ3v) is 5.32. The van der Waals surface area contributed by atoms with Crippen molar-refractivity contribution in [2.24, 2.45) is 0 Å². The number of nitro groups is 1. The number of hydrogen-bond donors (Lipinski definition) is 1. The average Bonchev–Trinajstić information content (AvgIpc) is 2.84. The van der Waals surface area contributed by atoms with Gasteiger partial charge in [-0.05, 0) is 22.4 Å². The van der Waals surface area contributed by atoms with Crippen LogP contribution in [0.25, 0.3) is 10.8 Å². The van der Waals surface area contributed by atoms with Gasteiger partial charge >= 0.3 is 11.9 Å². The quantitative estimate of drug-likeness (QED) is 0.317. The van der Waals surface area contributed by atoms with Crippen molar-refractivity contribution in [2.45, 2.75) is 18.4 Å².